The summed E-state index contributed by atoms with van der Waals surface area (Å²) in [6.45, 7) is -0.466. The minimum absolute atomic E-state index is 0.147. The van der Waals surface area contributed by atoms with E-state index in [-0.39, 0.29) is 19.1 Å². The first-order valence-corrected chi connectivity index (χ1v) is 9.39. The Morgan fingerprint density at radius 3 is 2.86 bits per heavy atom. The quantitative estimate of drug-likeness (QED) is 0.448. The Morgan fingerprint density at radius 2 is 2.10 bits per heavy atom. The third-order valence-corrected chi connectivity index (χ3v) is 4.96. The maximum atomic E-state index is 13.8. The molecule has 4 rings (SSSR count). The fourth-order valence-electron chi connectivity index (χ4n) is 2.86. The van der Waals surface area contributed by atoms with E-state index in [2.05, 4.69) is 25.4 Å². The van der Waals surface area contributed by atoms with Gasteiger partial charge in [-0.1, -0.05) is 5.18 Å². The highest BCUT2D eigenvalue weighted by molar-refractivity contribution is 7.15. The summed E-state index contributed by atoms with van der Waals surface area (Å²) in [4.78, 5) is 24.2. The highest BCUT2D eigenvalue weighted by Crippen LogP contribution is 2.34. The van der Waals surface area contributed by atoms with Gasteiger partial charge in [0.05, 0.1) is 24.0 Å². The molecule has 1 unspecified atom stereocenters. The van der Waals surface area contributed by atoms with E-state index in [0.29, 0.717) is 27.6 Å². The third kappa shape index (κ3) is 3.69. The zero-order valence-corrected chi connectivity index (χ0v) is 15.6. The van der Waals surface area contributed by atoms with Crippen molar-refractivity contribution in [2.75, 3.05) is 18.5 Å². The molecule has 8 nitrogen and oxygen atoms in total. The molecule has 0 fully saturated rings. The molecule has 2 N–H and O–H groups in total. The molecular weight excluding hydrogens is 402 g/mol. The summed E-state index contributed by atoms with van der Waals surface area (Å²) in [6, 6.07) is 4.62. The van der Waals surface area contributed by atoms with Gasteiger partial charge in [0.2, 0.25) is 5.95 Å². The van der Waals surface area contributed by atoms with Crippen LogP contribution in [0.4, 0.5) is 14.7 Å². The first-order chi connectivity index (χ1) is 14.1. The number of halogens is 2. The topological polar surface area (TPSA) is 105 Å². The maximum absolute atomic E-state index is 13.8. The number of nitrogens with one attached hydrogen (secondary N) is 1. The fraction of sp³-hybridized carbons (Fsp3) is 0.167. The number of nitroso groups, excluding NO2 is 1. The molecule has 0 aliphatic heterocycles. The van der Waals surface area contributed by atoms with Gasteiger partial charge in [0, 0.05) is 23.3 Å². The molecule has 1 aromatic carbocycles. The van der Waals surface area contributed by atoms with Gasteiger partial charge in [0.25, 0.3) is 0 Å². The Hall–Kier alpha value is -3.31. The van der Waals surface area contributed by atoms with Gasteiger partial charge in [-0.3, -0.25) is 4.40 Å². The summed E-state index contributed by atoms with van der Waals surface area (Å²) < 4.78 is 29.0. The second kappa shape index (κ2) is 7.97. The fourth-order valence-corrected chi connectivity index (χ4v) is 3.57. The van der Waals surface area contributed by atoms with Gasteiger partial charge in [0.1, 0.15) is 12.2 Å². The summed E-state index contributed by atoms with van der Waals surface area (Å²) in [6.07, 6.45) is 3.31. The van der Waals surface area contributed by atoms with Crippen LogP contribution in [0.3, 0.4) is 0 Å². The molecular formula is C18H14F2N6O2S. The number of aliphatic hydroxyl groups excluding tert-OH is 1. The van der Waals surface area contributed by atoms with Crippen molar-refractivity contribution in [2.24, 2.45) is 5.18 Å². The van der Waals surface area contributed by atoms with E-state index < -0.39 is 17.7 Å². The Bertz CT molecular complexity index is 1180. The SMILES string of the molecule is O=NCC(CO)Nc1nccc(-c2c(-c3ccc(F)c(F)c3)nc3sccn23)n1. The predicted molar refractivity (Wildman–Crippen MR) is 105 cm³/mol. The molecule has 0 aliphatic carbocycles. The molecule has 1 atom stereocenters. The molecule has 0 radical (unpaired) electrons. The zero-order valence-electron chi connectivity index (χ0n) is 14.8. The van der Waals surface area contributed by atoms with Gasteiger partial charge in [-0.05, 0) is 24.3 Å². The highest BCUT2D eigenvalue weighted by atomic mass is 32.1. The first-order valence-electron chi connectivity index (χ1n) is 8.51. The van der Waals surface area contributed by atoms with Gasteiger partial charge in [0.15, 0.2) is 16.6 Å². The Kier molecular flexibility index (Phi) is 5.23. The molecule has 29 heavy (non-hydrogen) atoms. The molecule has 0 aliphatic rings. The second-order valence-corrected chi connectivity index (χ2v) is 6.97. The second-order valence-electron chi connectivity index (χ2n) is 6.09. The number of hydrogen-bond donors (Lipinski definition) is 2. The summed E-state index contributed by atoms with van der Waals surface area (Å²) >= 11 is 1.39. The minimum atomic E-state index is -0.970. The van der Waals surface area contributed by atoms with Crippen LogP contribution in [0.15, 0.2) is 47.2 Å². The van der Waals surface area contributed by atoms with E-state index in [4.69, 9.17) is 0 Å². The van der Waals surface area contributed by atoms with Crippen LogP contribution in [-0.4, -0.2) is 43.7 Å². The molecule has 0 saturated carbocycles. The van der Waals surface area contributed by atoms with E-state index in [1.807, 2.05) is 5.38 Å². The van der Waals surface area contributed by atoms with Gasteiger partial charge >= 0.3 is 0 Å². The van der Waals surface area contributed by atoms with Crippen LogP contribution in [0, 0.1) is 16.5 Å². The van der Waals surface area contributed by atoms with Crippen molar-refractivity contribution >= 4 is 22.2 Å². The lowest BCUT2D eigenvalue weighted by Crippen LogP contribution is -2.27. The zero-order chi connectivity index (χ0) is 20.4. The molecule has 0 spiro atoms. The van der Waals surface area contributed by atoms with Crippen LogP contribution >= 0.6 is 11.3 Å². The summed E-state index contributed by atoms with van der Waals surface area (Å²) in [7, 11) is 0. The van der Waals surface area contributed by atoms with E-state index in [0.717, 1.165) is 12.1 Å². The molecule has 4 aromatic rings. The lowest BCUT2D eigenvalue weighted by atomic mass is 10.1. The lowest BCUT2D eigenvalue weighted by Gasteiger charge is -2.13. The largest absolute Gasteiger partial charge is 0.394 e. The molecule has 3 aromatic heterocycles. The van der Waals surface area contributed by atoms with E-state index >= 15 is 0 Å². The molecule has 3 heterocycles. The van der Waals surface area contributed by atoms with Crippen molar-refractivity contribution in [1.29, 1.82) is 0 Å². The standard InChI is InChI=1S/C18H14F2N6O2S/c19-12-2-1-10(7-13(12)20)15-16(26-5-6-29-18(26)25-15)14-3-4-21-17(24-14)23-11(9-27)8-22-28/h1-7,11,27H,8-9H2,(H,21,23,24). The average molecular weight is 416 g/mol. The van der Waals surface area contributed by atoms with Crippen molar-refractivity contribution in [3.8, 4) is 22.6 Å². The first kappa shape index (κ1) is 19.0. The van der Waals surface area contributed by atoms with E-state index in [9.17, 15) is 18.8 Å². The Morgan fingerprint density at radius 1 is 1.24 bits per heavy atom. The van der Waals surface area contributed by atoms with Crippen LogP contribution in [0.2, 0.25) is 0 Å². The molecule has 0 saturated heterocycles. The van der Waals surface area contributed by atoms with E-state index in [1.54, 1.807) is 16.7 Å². The number of anilines is 1. The number of aromatic nitrogens is 4. The highest BCUT2D eigenvalue weighted by Gasteiger charge is 2.20. The Balaban J connectivity index is 1.81. The van der Waals surface area contributed by atoms with Crippen LogP contribution in [0.5, 0.6) is 0 Å². The Labute approximate surface area is 166 Å². The van der Waals surface area contributed by atoms with Gasteiger partial charge < -0.3 is 10.4 Å². The minimum Gasteiger partial charge on any atom is -0.394 e. The molecule has 0 amide bonds. The number of benzene rings is 1. The van der Waals surface area contributed by atoms with Crippen LogP contribution in [0.25, 0.3) is 27.6 Å². The lowest BCUT2D eigenvalue weighted by molar-refractivity contribution is 0.276. The number of thiazole rings is 1. The van der Waals surface area contributed by atoms with Crippen molar-refractivity contribution in [3.05, 3.63) is 58.6 Å². The molecule has 11 heteroatoms. The molecule has 0 bridgehead atoms. The van der Waals surface area contributed by atoms with Crippen LogP contribution in [-0.2, 0) is 0 Å². The summed E-state index contributed by atoms with van der Waals surface area (Å²) in [5.74, 6) is -1.72. The smallest absolute Gasteiger partial charge is 0.223 e. The van der Waals surface area contributed by atoms with Gasteiger partial charge in [-0.15, -0.1) is 11.3 Å². The van der Waals surface area contributed by atoms with Crippen molar-refractivity contribution in [2.45, 2.75) is 6.04 Å². The van der Waals surface area contributed by atoms with Gasteiger partial charge in [-0.2, -0.15) is 4.91 Å². The monoisotopic (exact) mass is 416 g/mol. The van der Waals surface area contributed by atoms with Gasteiger partial charge in [-0.25, -0.2) is 23.7 Å². The van der Waals surface area contributed by atoms with Crippen molar-refractivity contribution < 1.29 is 13.9 Å². The van der Waals surface area contributed by atoms with Crippen LogP contribution in [0.1, 0.15) is 0 Å². The summed E-state index contributed by atoms with van der Waals surface area (Å²) in [5, 5.41) is 16.8. The van der Waals surface area contributed by atoms with Crippen molar-refractivity contribution in [3.63, 3.8) is 0 Å². The maximum Gasteiger partial charge on any atom is 0.223 e. The number of nitrogens with zero attached hydrogens (tertiary/aromatic N) is 5. The number of aliphatic hydroxyl groups is 1. The number of hydrogen-bond acceptors (Lipinski definition) is 8. The number of imidazole rings is 1. The number of fused-ring (bicyclic) bond motifs is 1. The number of rotatable bonds is 7. The summed E-state index contributed by atoms with van der Waals surface area (Å²) in [5.41, 5.74) is 1.89. The van der Waals surface area contributed by atoms with Crippen molar-refractivity contribution in [1.82, 2.24) is 19.4 Å². The molecule has 148 valence electrons. The third-order valence-electron chi connectivity index (χ3n) is 4.20. The normalized spacial score (nSPS) is 12.2. The predicted octanol–water partition coefficient (Wildman–Crippen LogP) is 3.34. The van der Waals surface area contributed by atoms with Crippen LogP contribution < -0.4 is 5.32 Å². The average Bonchev–Trinajstić information content (AvgIpc) is 3.31. The van der Waals surface area contributed by atoms with E-state index in [1.165, 1.54) is 23.6 Å².